The van der Waals surface area contributed by atoms with Gasteiger partial charge in [-0.05, 0) is 37.5 Å². The van der Waals surface area contributed by atoms with Crippen molar-refractivity contribution in [3.05, 3.63) is 0 Å². The average Bonchev–Trinajstić information content (AvgIpc) is 3.02. The van der Waals surface area contributed by atoms with E-state index >= 15 is 0 Å². The number of aliphatic carboxylic acids is 1. The smallest absolute Gasteiger partial charge is 0.303 e. The Balaban J connectivity index is 1.57. The van der Waals surface area contributed by atoms with Gasteiger partial charge in [-0.25, -0.2) is 0 Å². The number of unbranched alkanes of at least 4 members (excludes halogenated alkanes) is 1. The minimum absolute atomic E-state index is 0.199. The van der Waals surface area contributed by atoms with Crippen molar-refractivity contribution in [2.45, 2.75) is 44.9 Å². The molecule has 0 aliphatic heterocycles. The van der Waals surface area contributed by atoms with E-state index in [4.69, 9.17) is 5.11 Å². The van der Waals surface area contributed by atoms with Gasteiger partial charge in [0.2, 0.25) is 5.91 Å². The molecule has 2 rings (SSSR count). The van der Waals surface area contributed by atoms with Crippen molar-refractivity contribution in [1.82, 2.24) is 5.32 Å². The Morgan fingerprint density at radius 3 is 2.35 bits per heavy atom. The Labute approximate surface area is 102 Å². The standard InChI is InChI=1S/C13H21NO3/c15-11(16)7-3-4-8-14-13(17)12-9-5-1-2-6-10(9)12/h9-10,12H,1-8H2,(H,14,17)(H,15,16). The van der Waals surface area contributed by atoms with Crippen molar-refractivity contribution in [3.8, 4) is 0 Å². The van der Waals surface area contributed by atoms with Crippen LogP contribution in [0.5, 0.6) is 0 Å². The van der Waals surface area contributed by atoms with Crippen LogP contribution in [0, 0.1) is 17.8 Å². The summed E-state index contributed by atoms with van der Waals surface area (Å²) >= 11 is 0. The third-order valence-corrected chi connectivity index (χ3v) is 4.08. The Bertz CT molecular complexity index is 291. The maximum atomic E-state index is 11.8. The predicted octanol–water partition coefficient (Wildman–Crippen LogP) is 1.79. The van der Waals surface area contributed by atoms with Crippen LogP contribution in [0.3, 0.4) is 0 Å². The number of hydrogen-bond acceptors (Lipinski definition) is 2. The second-order valence-corrected chi connectivity index (χ2v) is 5.28. The maximum absolute atomic E-state index is 11.8. The molecule has 0 radical (unpaired) electrons. The lowest BCUT2D eigenvalue weighted by Crippen LogP contribution is -2.27. The molecule has 0 aromatic heterocycles. The highest BCUT2D eigenvalue weighted by Gasteiger charge is 2.54. The summed E-state index contributed by atoms with van der Waals surface area (Å²) in [4.78, 5) is 22.1. The largest absolute Gasteiger partial charge is 0.481 e. The molecule has 2 aliphatic carbocycles. The fraction of sp³-hybridized carbons (Fsp3) is 0.846. The molecule has 2 unspecified atom stereocenters. The van der Waals surface area contributed by atoms with Crippen molar-refractivity contribution >= 4 is 11.9 Å². The predicted molar refractivity (Wildman–Crippen MR) is 63.4 cm³/mol. The van der Waals surface area contributed by atoms with Crippen LogP contribution < -0.4 is 5.32 Å². The lowest BCUT2D eigenvalue weighted by Gasteiger charge is -2.04. The molecule has 4 heteroatoms. The van der Waals surface area contributed by atoms with Crippen LogP contribution in [0.15, 0.2) is 0 Å². The van der Waals surface area contributed by atoms with Crippen LogP contribution in [0.2, 0.25) is 0 Å². The van der Waals surface area contributed by atoms with E-state index in [9.17, 15) is 9.59 Å². The topological polar surface area (TPSA) is 66.4 Å². The molecule has 0 saturated heterocycles. The van der Waals surface area contributed by atoms with Crippen molar-refractivity contribution in [2.24, 2.45) is 17.8 Å². The molecular formula is C13H21NO3. The highest BCUT2D eigenvalue weighted by atomic mass is 16.4. The Morgan fingerprint density at radius 1 is 1.12 bits per heavy atom. The first-order valence-corrected chi connectivity index (χ1v) is 6.69. The van der Waals surface area contributed by atoms with Crippen LogP contribution in [-0.2, 0) is 9.59 Å². The van der Waals surface area contributed by atoms with E-state index in [0.717, 1.165) is 6.42 Å². The van der Waals surface area contributed by atoms with Crippen molar-refractivity contribution in [2.75, 3.05) is 6.54 Å². The van der Waals surface area contributed by atoms with Gasteiger partial charge < -0.3 is 10.4 Å². The van der Waals surface area contributed by atoms with E-state index < -0.39 is 5.97 Å². The average molecular weight is 239 g/mol. The monoisotopic (exact) mass is 239 g/mol. The van der Waals surface area contributed by atoms with Gasteiger partial charge in [0, 0.05) is 18.9 Å². The first-order valence-electron chi connectivity index (χ1n) is 6.69. The highest BCUT2D eigenvalue weighted by Crippen LogP contribution is 2.55. The second kappa shape index (κ2) is 5.52. The first-order chi connectivity index (χ1) is 8.20. The van der Waals surface area contributed by atoms with Crippen LogP contribution in [0.4, 0.5) is 0 Å². The fourth-order valence-electron chi connectivity index (χ4n) is 3.11. The van der Waals surface area contributed by atoms with Gasteiger partial charge in [0.15, 0.2) is 0 Å². The molecule has 2 fully saturated rings. The zero-order valence-electron chi connectivity index (χ0n) is 10.2. The number of carboxylic acids is 1. The Hall–Kier alpha value is -1.06. The van der Waals surface area contributed by atoms with Crippen molar-refractivity contribution < 1.29 is 14.7 Å². The molecule has 17 heavy (non-hydrogen) atoms. The van der Waals surface area contributed by atoms with E-state index in [1.54, 1.807) is 0 Å². The molecule has 2 aliphatic rings. The zero-order chi connectivity index (χ0) is 12.3. The van der Waals surface area contributed by atoms with Gasteiger partial charge >= 0.3 is 5.97 Å². The summed E-state index contributed by atoms with van der Waals surface area (Å²) in [6, 6.07) is 0. The summed E-state index contributed by atoms with van der Waals surface area (Å²) in [5.41, 5.74) is 0. The summed E-state index contributed by atoms with van der Waals surface area (Å²) in [7, 11) is 0. The molecule has 0 aromatic carbocycles. The van der Waals surface area contributed by atoms with Crippen LogP contribution >= 0.6 is 0 Å². The molecule has 2 atom stereocenters. The summed E-state index contributed by atoms with van der Waals surface area (Å²) in [6.45, 7) is 0.627. The maximum Gasteiger partial charge on any atom is 0.303 e. The fourth-order valence-corrected chi connectivity index (χ4v) is 3.11. The Morgan fingerprint density at radius 2 is 1.76 bits per heavy atom. The number of amides is 1. The van der Waals surface area contributed by atoms with Gasteiger partial charge in [0.25, 0.3) is 0 Å². The quantitative estimate of drug-likeness (QED) is 0.694. The van der Waals surface area contributed by atoms with Crippen LogP contribution in [-0.4, -0.2) is 23.5 Å². The minimum Gasteiger partial charge on any atom is -0.481 e. The number of fused-ring (bicyclic) bond motifs is 1. The number of carbonyl (C=O) groups is 2. The van der Waals surface area contributed by atoms with E-state index in [1.165, 1.54) is 25.7 Å². The number of carbonyl (C=O) groups excluding carboxylic acids is 1. The van der Waals surface area contributed by atoms with E-state index in [-0.39, 0.29) is 18.2 Å². The number of rotatable bonds is 6. The minimum atomic E-state index is -0.760. The van der Waals surface area contributed by atoms with E-state index in [2.05, 4.69) is 5.32 Å². The van der Waals surface area contributed by atoms with Gasteiger partial charge in [-0.1, -0.05) is 12.8 Å². The van der Waals surface area contributed by atoms with Crippen LogP contribution in [0.25, 0.3) is 0 Å². The van der Waals surface area contributed by atoms with E-state index in [1.807, 2.05) is 0 Å². The molecule has 0 heterocycles. The van der Waals surface area contributed by atoms with Gasteiger partial charge in [0.1, 0.15) is 0 Å². The molecule has 96 valence electrons. The van der Waals surface area contributed by atoms with Crippen molar-refractivity contribution in [3.63, 3.8) is 0 Å². The summed E-state index contributed by atoms with van der Waals surface area (Å²) in [6.07, 6.45) is 6.62. The molecule has 0 spiro atoms. The van der Waals surface area contributed by atoms with Gasteiger partial charge in [-0.3, -0.25) is 9.59 Å². The number of hydrogen-bond donors (Lipinski definition) is 2. The zero-order valence-corrected chi connectivity index (χ0v) is 10.2. The lowest BCUT2D eigenvalue weighted by molar-refractivity contribution is -0.137. The molecule has 0 bridgehead atoms. The van der Waals surface area contributed by atoms with Crippen molar-refractivity contribution in [1.29, 1.82) is 0 Å². The molecular weight excluding hydrogens is 218 g/mol. The Kier molecular flexibility index (Phi) is 4.02. The van der Waals surface area contributed by atoms with E-state index in [0.29, 0.717) is 24.8 Å². The molecule has 1 amide bonds. The first kappa shape index (κ1) is 12.4. The summed E-state index contributed by atoms with van der Waals surface area (Å²) < 4.78 is 0. The second-order valence-electron chi connectivity index (χ2n) is 5.28. The third-order valence-electron chi connectivity index (χ3n) is 4.08. The molecule has 2 N–H and O–H groups in total. The molecule has 0 aromatic rings. The third kappa shape index (κ3) is 3.20. The van der Waals surface area contributed by atoms with Crippen LogP contribution in [0.1, 0.15) is 44.9 Å². The SMILES string of the molecule is O=C(O)CCCCNC(=O)C1C2CCCCC21. The van der Waals surface area contributed by atoms with Gasteiger partial charge in [0.05, 0.1) is 0 Å². The number of carboxylic acid groups (broad SMARTS) is 1. The lowest BCUT2D eigenvalue weighted by atomic mass is 10.0. The normalized spacial score (nSPS) is 30.5. The molecule has 2 saturated carbocycles. The summed E-state index contributed by atoms with van der Waals surface area (Å²) in [5.74, 6) is 1.03. The van der Waals surface area contributed by atoms with Gasteiger partial charge in [-0.15, -0.1) is 0 Å². The molecule has 4 nitrogen and oxygen atoms in total. The number of nitrogens with one attached hydrogen (secondary N) is 1. The van der Waals surface area contributed by atoms with Gasteiger partial charge in [-0.2, -0.15) is 0 Å². The summed E-state index contributed by atoms with van der Waals surface area (Å²) in [5, 5.41) is 11.4. The highest BCUT2D eigenvalue weighted by molar-refractivity contribution is 5.82.